The van der Waals surface area contributed by atoms with E-state index in [4.69, 9.17) is 20.1 Å². The molecule has 0 unspecified atom stereocenters. The first kappa shape index (κ1) is 35.8. The van der Waals surface area contributed by atoms with Crippen LogP contribution in [0.25, 0.3) is 22.5 Å². The van der Waals surface area contributed by atoms with Crippen LogP contribution in [0.5, 0.6) is 5.75 Å². The van der Waals surface area contributed by atoms with Crippen molar-refractivity contribution < 1.29 is 9.53 Å². The van der Waals surface area contributed by atoms with E-state index in [0.717, 1.165) is 55.9 Å². The maximum absolute atomic E-state index is 12.8. The van der Waals surface area contributed by atoms with E-state index in [1.807, 2.05) is 111 Å². The summed E-state index contributed by atoms with van der Waals surface area (Å²) in [6.07, 6.45) is 0. The van der Waals surface area contributed by atoms with Gasteiger partial charge in [0.05, 0.1) is 0 Å². The summed E-state index contributed by atoms with van der Waals surface area (Å²) in [5.41, 5.74) is 9.19. The summed E-state index contributed by atoms with van der Waals surface area (Å²) >= 11 is 0. The van der Waals surface area contributed by atoms with Gasteiger partial charge >= 0.3 is 0 Å². The Morgan fingerprint density at radius 3 is 1.79 bits per heavy atom. The Balaban J connectivity index is 1.07. The molecule has 1 amide bonds. The molecule has 56 heavy (non-hydrogen) atoms. The summed E-state index contributed by atoms with van der Waals surface area (Å²) in [5.74, 6) is 1.08. The molecule has 274 valence electrons. The molecule has 8 rings (SSSR count). The van der Waals surface area contributed by atoms with Gasteiger partial charge in [-0.15, -0.1) is 15.0 Å². The Hall–Kier alpha value is -7.19. The fourth-order valence-corrected chi connectivity index (χ4v) is 7.24. The zero-order valence-electron chi connectivity index (χ0n) is 31.2. The van der Waals surface area contributed by atoms with E-state index in [9.17, 15) is 4.79 Å². The maximum atomic E-state index is 12.8. The highest BCUT2D eigenvalue weighted by Gasteiger charge is 2.41. The largest absolute Gasteiger partial charge is 0.488 e. The number of aromatic nitrogens is 5. The van der Waals surface area contributed by atoms with E-state index in [-0.39, 0.29) is 5.91 Å². The van der Waals surface area contributed by atoms with Crippen molar-refractivity contribution in [2.75, 3.05) is 0 Å². The first-order valence-corrected chi connectivity index (χ1v) is 18.6. The number of aryl methyl sites for hydroxylation is 2. The third-order valence-electron chi connectivity index (χ3n) is 10.00. The Morgan fingerprint density at radius 1 is 0.661 bits per heavy atom. The number of hydrogen-bond donors (Lipinski definition) is 1. The summed E-state index contributed by atoms with van der Waals surface area (Å²) in [6.45, 7) is 4.53. The van der Waals surface area contributed by atoms with Gasteiger partial charge in [0.1, 0.15) is 12.4 Å². The van der Waals surface area contributed by atoms with Gasteiger partial charge in [-0.25, -0.2) is 0 Å². The monoisotopic (exact) mass is 732 g/mol. The van der Waals surface area contributed by atoms with Crippen molar-refractivity contribution in [2.24, 2.45) is 0 Å². The molecule has 0 aliphatic carbocycles. The average Bonchev–Trinajstić information content (AvgIpc) is 3.75. The molecule has 0 fully saturated rings. The minimum absolute atomic E-state index is 0.145. The van der Waals surface area contributed by atoms with Crippen molar-refractivity contribution in [3.05, 3.63) is 221 Å². The Bertz CT molecular complexity index is 2460. The van der Waals surface area contributed by atoms with E-state index in [1.165, 1.54) is 0 Å². The molecule has 1 N–H and O–H groups in total. The van der Waals surface area contributed by atoms with Gasteiger partial charge in [0.15, 0.2) is 5.54 Å². The molecule has 0 saturated heterocycles. The molecule has 6 aromatic carbocycles. The zero-order valence-corrected chi connectivity index (χ0v) is 31.2. The third-order valence-corrected chi connectivity index (χ3v) is 10.00. The second-order valence-corrected chi connectivity index (χ2v) is 13.6. The average molecular weight is 733 g/mol. The number of carbonyl (C=O) groups is 1. The topological polar surface area (TPSA) is 94.8 Å². The third kappa shape index (κ3) is 7.20. The highest BCUT2D eigenvalue weighted by Crippen LogP contribution is 2.40. The van der Waals surface area contributed by atoms with Gasteiger partial charge < -0.3 is 10.1 Å². The smallest absolute Gasteiger partial charge is 0.251 e. The van der Waals surface area contributed by atoms with Crippen LogP contribution in [0.3, 0.4) is 0 Å². The van der Waals surface area contributed by atoms with Gasteiger partial charge in [0.25, 0.3) is 5.91 Å². The Labute approximate surface area is 326 Å². The molecule has 0 radical (unpaired) electrons. The normalized spacial score (nSPS) is 11.2. The van der Waals surface area contributed by atoms with Crippen LogP contribution >= 0.6 is 0 Å². The number of rotatable bonds is 12. The molecular weight excluding hydrogens is 693 g/mol. The molecule has 0 saturated carbocycles. The molecule has 0 atom stereocenters. The number of nitrogens with one attached hydrogen (secondary N) is 1. The molecule has 0 aliphatic heterocycles. The number of carbonyl (C=O) groups excluding carboxylic acids is 1. The maximum Gasteiger partial charge on any atom is 0.251 e. The predicted molar refractivity (Wildman–Crippen MR) is 219 cm³/mol. The van der Waals surface area contributed by atoms with Gasteiger partial charge in [0, 0.05) is 40.7 Å². The zero-order chi connectivity index (χ0) is 38.3. The van der Waals surface area contributed by atoms with Crippen molar-refractivity contribution in [2.45, 2.75) is 32.5 Å². The lowest BCUT2D eigenvalue weighted by molar-refractivity contribution is 0.0950. The van der Waals surface area contributed by atoms with Gasteiger partial charge in [0.2, 0.25) is 5.82 Å². The fraction of sp³-hybridized carbons (Fsp3) is 0.104. The van der Waals surface area contributed by atoms with Crippen molar-refractivity contribution in [1.82, 2.24) is 30.5 Å². The number of pyridine rings is 1. The van der Waals surface area contributed by atoms with E-state index in [2.05, 4.69) is 77.0 Å². The van der Waals surface area contributed by atoms with E-state index in [0.29, 0.717) is 30.3 Å². The van der Waals surface area contributed by atoms with Gasteiger partial charge in [-0.3, -0.25) is 9.78 Å². The number of nitrogens with zero attached hydrogens (tertiary/aromatic N) is 5. The van der Waals surface area contributed by atoms with E-state index >= 15 is 0 Å². The standard InChI is InChI=1S/C48H40N6O2/c1-34-31-45(44(35(2)50-34)32-49-47(55)38-17-7-3-8-18-38)56-33-36-27-29-37(30-28-36)42-25-15-16-26-43(42)46-51-53-54(52-46)48(39-19-9-4-10-20-39,40-21-11-5-12-22-40)41-23-13-6-14-24-41/h3-31H,32-33H2,1-2H3,(H,49,55). The van der Waals surface area contributed by atoms with Crippen molar-refractivity contribution in [1.29, 1.82) is 0 Å². The lowest BCUT2D eigenvalue weighted by Crippen LogP contribution is -2.39. The minimum Gasteiger partial charge on any atom is -0.488 e. The van der Waals surface area contributed by atoms with Crippen molar-refractivity contribution in [3.8, 4) is 28.3 Å². The van der Waals surface area contributed by atoms with Crippen molar-refractivity contribution >= 4 is 5.91 Å². The van der Waals surface area contributed by atoms with Crippen molar-refractivity contribution in [3.63, 3.8) is 0 Å². The Morgan fingerprint density at radius 2 is 1.20 bits per heavy atom. The molecule has 0 bridgehead atoms. The first-order chi connectivity index (χ1) is 27.5. The van der Waals surface area contributed by atoms with Crippen LogP contribution in [-0.4, -0.2) is 31.1 Å². The quantitative estimate of drug-likeness (QED) is 0.126. The van der Waals surface area contributed by atoms with Crippen LogP contribution in [0.4, 0.5) is 0 Å². The van der Waals surface area contributed by atoms with Gasteiger partial charge in [-0.05, 0) is 64.6 Å². The molecule has 2 heterocycles. The summed E-state index contributed by atoms with van der Waals surface area (Å²) in [6, 6.07) is 58.6. The second kappa shape index (κ2) is 16.0. The number of tetrazole rings is 1. The molecule has 2 aromatic heterocycles. The number of amides is 1. The number of benzene rings is 6. The molecule has 8 aromatic rings. The molecule has 0 aliphatic rings. The molecule has 8 nitrogen and oxygen atoms in total. The first-order valence-electron chi connectivity index (χ1n) is 18.6. The molecule has 0 spiro atoms. The molecular formula is C48H40N6O2. The van der Waals surface area contributed by atoms with E-state index in [1.54, 1.807) is 16.9 Å². The van der Waals surface area contributed by atoms with Gasteiger partial charge in [-0.1, -0.05) is 158 Å². The van der Waals surface area contributed by atoms with Crippen LogP contribution < -0.4 is 10.1 Å². The highest BCUT2D eigenvalue weighted by atomic mass is 16.5. The van der Waals surface area contributed by atoms with Crippen LogP contribution in [0, 0.1) is 13.8 Å². The lowest BCUT2D eigenvalue weighted by Gasteiger charge is -2.34. The number of hydrogen-bond acceptors (Lipinski definition) is 6. The summed E-state index contributed by atoms with van der Waals surface area (Å²) in [5, 5.41) is 17.7. The van der Waals surface area contributed by atoms with Crippen LogP contribution in [0.2, 0.25) is 0 Å². The summed E-state index contributed by atoms with van der Waals surface area (Å²) < 4.78 is 6.38. The van der Waals surface area contributed by atoms with Gasteiger partial charge in [-0.2, -0.15) is 0 Å². The van der Waals surface area contributed by atoms with Crippen LogP contribution in [-0.2, 0) is 18.7 Å². The summed E-state index contributed by atoms with van der Waals surface area (Å²) in [4.78, 5) is 19.2. The minimum atomic E-state index is -0.870. The van der Waals surface area contributed by atoms with Crippen LogP contribution in [0.15, 0.2) is 176 Å². The lowest BCUT2D eigenvalue weighted by atomic mass is 9.77. The molecule has 8 heteroatoms. The predicted octanol–water partition coefficient (Wildman–Crippen LogP) is 9.37. The highest BCUT2D eigenvalue weighted by molar-refractivity contribution is 5.94. The number of ether oxygens (including phenoxy) is 1. The van der Waals surface area contributed by atoms with E-state index < -0.39 is 5.54 Å². The van der Waals surface area contributed by atoms with Crippen LogP contribution in [0.1, 0.15) is 49.6 Å². The fourth-order valence-electron chi connectivity index (χ4n) is 7.24. The Kier molecular flexibility index (Phi) is 10.3. The summed E-state index contributed by atoms with van der Waals surface area (Å²) in [7, 11) is 0. The second-order valence-electron chi connectivity index (χ2n) is 13.6. The SMILES string of the molecule is Cc1cc(OCc2ccc(-c3ccccc3-c3nnn(C(c4ccccc4)(c4ccccc4)c4ccccc4)n3)cc2)c(CNC(=O)c2ccccc2)c(C)n1.